The SMILES string of the molecule is Cc1cccc(SCCC(C)CCS)c1. The van der Waals surface area contributed by atoms with Gasteiger partial charge in [0, 0.05) is 4.90 Å². The van der Waals surface area contributed by atoms with E-state index >= 15 is 0 Å². The Bertz CT molecular complexity index is 284. The molecule has 1 aromatic carbocycles. The van der Waals surface area contributed by atoms with Crippen LogP contribution in [0.25, 0.3) is 0 Å². The fraction of sp³-hybridized carbons (Fsp3) is 0.538. The van der Waals surface area contributed by atoms with Crippen molar-refractivity contribution in [3.63, 3.8) is 0 Å². The van der Waals surface area contributed by atoms with E-state index < -0.39 is 0 Å². The molecule has 0 radical (unpaired) electrons. The number of thiol groups is 1. The number of rotatable bonds is 6. The minimum absolute atomic E-state index is 0.805. The molecule has 0 nitrogen and oxygen atoms in total. The summed E-state index contributed by atoms with van der Waals surface area (Å²) in [5.74, 6) is 3.04. The van der Waals surface area contributed by atoms with E-state index in [-0.39, 0.29) is 0 Å². The first-order chi connectivity index (χ1) is 7.22. The third-order valence-corrected chi connectivity index (χ3v) is 3.78. The maximum Gasteiger partial charge on any atom is 0.00745 e. The zero-order chi connectivity index (χ0) is 11.1. The lowest BCUT2D eigenvalue weighted by atomic mass is 10.1. The minimum Gasteiger partial charge on any atom is -0.179 e. The van der Waals surface area contributed by atoms with E-state index in [1.54, 1.807) is 0 Å². The first-order valence-corrected chi connectivity index (χ1v) is 7.14. The number of aryl methyl sites for hydroxylation is 1. The lowest BCUT2D eigenvalue weighted by Gasteiger charge is -2.09. The minimum atomic E-state index is 0.805. The molecule has 1 aromatic rings. The van der Waals surface area contributed by atoms with Crippen LogP contribution in [0.3, 0.4) is 0 Å². The molecule has 1 rings (SSSR count). The molecule has 0 aliphatic carbocycles. The summed E-state index contributed by atoms with van der Waals surface area (Å²) in [6, 6.07) is 8.73. The Morgan fingerprint density at radius 1 is 1.33 bits per heavy atom. The molecule has 0 heterocycles. The van der Waals surface area contributed by atoms with Crippen molar-refractivity contribution in [3.05, 3.63) is 29.8 Å². The van der Waals surface area contributed by atoms with Crippen LogP contribution in [0.1, 0.15) is 25.3 Å². The Balaban J connectivity index is 2.25. The Kier molecular flexibility index (Phi) is 6.26. The Hall–Kier alpha value is -0.0800. The molecule has 0 saturated carbocycles. The molecule has 0 bridgehead atoms. The summed E-state index contributed by atoms with van der Waals surface area (Å²) in [5.41, 5.74) is 1.35. The third-order valence-electron chi connectivity index (χ3n) is 2.49. The number of thioether (sulfide) groups is 1. The van der Waals surface area contributed by atoms with Gasteiger partial charge in [0.25, 0.3) is 0 Å². The average Bonchev–Trinajstić information content (AvgIpc) is 2.18. The van der Waals surface area contributed by atoms with E-state index in [0.717, 1.165) is 11.7 Å². The van der Waals surface area contributed by atoms with Crippen LogP contribution in [0.5, 0.6) is 0 Å². The summed E-state index contributed by atoms with van der Waals surface area (Å²) in [5, 5.41) is 0. The lowest BCUT2D eigenvalue weighted by Crippen LogP contribution is -1.97. The van der Waals surface area contributed by atoms with Gasteiger partial charge in [-0.1, -0.05) is 24.6 Å². The van der Waals surface area contributed by atoms with Crippen LogP contribution in [0.4, 0.5) is 0 Å². The summed E-state index contributed by atoms with van der Waals surface area (Å²) in [6.45, 7) is 4.46. The van der Waals surface area contributed by atoms with E-state index in [1.165, 1.54) is 29.1 Å². The summed E-state index contributed by atoms with van der Waals surface area (Å²) in [4.78, 5) is 1.40. The molecule has 1 atom stereocenters. The summed E-state index contributed by atoms with van der Waals surface area (Å²) in [7, 11) is 0. The molecule has 0 saturated heterocycles. The highest BCUT2D eigenvalue weighted by Gasteiger charge is 2.01. The standard InChI is InChI=1S/C13H20S2/c1-11(6-8-14)7-9-15-13-5-3-4-12(2)10-13/h3-5,10-11,14H,6-9H2,1-2H3. The molecule has 0 N–H and O–H groups in total. The van der Waals surface area contributed by atoms with E-state index in [0.29, 0.717) is 0 Å². The van der Waals surface area contributed by atoms with Crippen LogP contribution < -0.4 is 0 Å². The van der Waals surface area contributed by atoms with Gasteiger partial charge in [-0.2, -0.15) is 12.6 Å². The van der Waals surface area contributed by atoms with E-state index in [9.17, 15) is 0 Å². The van der Waals surface area contributed by atoms with Gasteiger partial charge in [-0.3, -0.25) is 0 Å². The van der Waals surface area contributed by atoms with Gasteiger partial charge < -0.3 is 0 Å². The van der Waals surface area contributed by atoms with Crippen molar-refractivity contribution in [2.45, 2.75) is 31.6 Å². The zero-order valence-corrected chi connectivity index (χ0v) is 11.3. The Morgan fingerprint density at radius 2 is 2.13 bits per heavy atom. The summed E-state index contributed by atoms with van der Waals surface area (Å²) in [6.07, 6.45) is 2.52. The van der Waals surface area contributed by atoms with Crippen LogP contribution >= 0.6 is 24.4 Å². The second-order valence-corrected chi connectivity index (χ2v) is 5.69. The van der Waals surface area contributed by atoms with Crippen molar-refractivity contribution in [3.8, 4) is 0 Å². The fourth-order valence-corrected chi connectivity index (χ4v) is 3.09. The van der Waals surface area contributed by atoms with E-state index in [4.69, 9.17) is 0 Å². The highest BCUT2D eigenvalue weighted by atomic mass is 32.2. The highest BCUT2D eigenvalue weighted by molar-refractivity contribution is 7.99. The number of hydrogen-bond acceptors (Lipinski definition) is 2. The van der Waals surface area contributed by atoms with Crippen LogP contribution in [0, 0.1) is 12.8 Å². The Labute approximate surface area is 103 Å². The smallest absolute Gasteiger partial charge is 0.00745 e. The lowest BCUT2D eigenvalue weighted by molar-refractivity contribution is 0.554. The van der Waals surface area contributed by atoms with Crippen molar-refractivity contribution in [1.29, 1.82) is 0 Å². The monoisotopic (exact) mass is 240 g/mol. The topological polar surface area (TPSA) is 0 Å². The predicted octanol–water partition coefficient (Wildman–Crippen LogP) is 4.43. The maximum absolute atomic E-state index is 4.26. The summed E-state index contributed by atoms with van der Waals surface area (Å²) >= 11 is 6.22. The van der Waals surface area contributed by atoms with Crippen molar-refractivity contribution >= 4 is 24.4 Å². The van der Waals surface area contributed by atoms with E-state index in [1.807, 2.05) is 11.8 Å². The largest absolute Gasteiger partial charge is 0.179 e. The van der Waals surface area contributed by atoms with Gasteiger partial charge in [-0.05, 0) is 49.3 Å². The second kappa shape index (κ2) is 7.24. The van der Waals surface area contributed by atoms with Gasteiger partial charge in [0.05, 0.1) is 0 Å². The number of hydrogen-bond donors (Lipinski definition) is 1. The van der Waals surface area contributed by atoms with Gasteiger partial charge in [0.1, 0.15) is 0 Å². The second-order valence-electron chi connectivity index (χ2n) is 4.07. The molecular formula is C13H20S2. The molecular weight excluding hydrogens is 220 g/mol. The first kappa shape index (κ1) is 13.0. The molecule has 15 heavy (non-hydrogen) atoms. The molecule has 84 valence electrons. The van der Waals surface area contributed by atoms with Crippen LogP contribution in [-0.2, 0) is 0 Å². The normalized spacial score (nSPS) is 12.7. The van der Waals surface area contributed by atoms with Crippen LogP contribution in [0.2, 0.25) is 0 Å². The van der Waals surface area contributed by atoms with Gasteiger partial charge in [-0.15, -0.1) is 11.8 Å². The maximum atomic E-state index is 4.26. The first-order valence-electron chi connectivity index (χ1n) is 5.52. The molecule has 1 unspecified atom stereocenters. The fourth-order valence-electron chi connectivity index (χ4n) is 1.45. The number of benzene rings is 1. The molecule has 0 spiro atoms. The quantitative estimate of drug-likeness (QED) is 0.567. The third kappa shape index (κ3) is 5.53. The highest BCUT2D eigenvalue weighted by Crippen LogP contribution is 2.22. The summed E-state index contributed by atoms with van der Waals surface area (Å²) < 4.78 is 0. The molecule has 0 aliphatic heterocycles. The molecule has 2 heteroatoms. The van der Waals surface area contributed by atoms with Crippen molar-refractivity contribution in [2.75, 3.05) is 11.5 Å². The van der Waals surface area contributed by atoms with Crippen LogP contribution in [0.15, 0.2) is 29.2 Å². The van der Waals surface area contributed by atoms with Crippen molar-refractivity contribution < 1.29 is 0 Å². The van der Waals surface area contributed by atoms with Gasteiger partial charge in [-0.25, -0.2) is 0 Å². The van der Waals surface area contributed by atoms with Gasteiger partial charge in [0.15, 0.2) is 0 Å². The average molecular weight is 240 g/mol. The van der Waals surface area contributed by atoms with E-state index in [2.05, 4.69) is 50.7 Å². The predicted molar refractivity (Wildman–Crippen MR) is 74.2 cm³/mol. The van der Waals surface area contributed by atoms with Crippen molar-refractivity contribution in [1.82, 2.24) is 0 Å². The van der Waals surface area contributed by atoms with Crippen LogP contribution in [-0.4, -0.2) is 11.5 Å². The molecule has 0 fully saturated rings. The van der Waals surface area contributed by atoms with Gasteiger partial charge >= 0.3 is 0 Å². The molecule has 0 amide bonds. The zero-order valence-electron chi connectivity index (χ0n) is 9.57. The van der Waals surface area contributed by atoms with Crippen molar-refractivity contribution in [2.24, 2.45) is 5.92 Å². The molecule has 0 aliphatic rings. The Morgan fingerprint density at radius 3 is 2.80 bits per heavy atom. The van der Waals surface area contributed by atoms with Gasteiger partial charge in [0.2, 0.25) is 0 Å². The molecule has 0 aromatic heterocycles.